The molecule has 0 aliphatic heterocycles. The summed E-state index contributed by atoms with van der Waals surface area (Å²) in [7, 11) is 0. The van der Waals surface area contributed by atoms with Crippen molar-refractivity contribution in [3.05, 3.63) is 45.5 Å². The first kappa shape index (κ1) is 12.3. The lowest BCUT2D eigenvalue weighted by molar-refractivity contribution is 0.0684. The summed E-state index contributed by atoms with van der Waals surface area (Å²) in [6, 6.07) is 4.17. The van der Waals surface area contributed by atoms with E-state index in [1.165, 1.54) is 29.7 Å². The van der Waals surface area contributed by atoms with Crippen LogP contribution in [-0.2, 0) is 6.54 Å². The lowest BCUT2D eigenvalue weighted by Gasteiger charge is -2.15. The number of pyridine rings is 1. The molecule has 2 aromatic rings. The third-order valence-electron chi connectivity index (χ3n) is 2.99. The molecule has 0 fully saturated rings. The zero-order valence-corrected chi connectivity index (χ0v) is 10.0. The largest absolute Gasteiger partial charge is 0.477 e. The van der Waals surface area contributed by atoms with Crippen LogP contribution >= 0.6 is 0 Å². The average Bonchev–Trinajstić information content (AvgIpc) is 2.33. The van der Waals surface area contributed by atoms with Crippen molar-refractivity contribution >= 4 is 16.9 Å². The summed E-state index contributed by atoms with van der Waals surface area (Å²) in [5.74, 6) is -1.81. The zero-order chi connectivity index (χ0) is 13.4. The quantitative estimate of drug-likeness (QED) is 0.887. The second kappa shape index (κ2) is 4.25. The highest BCUT2D eigenvalue weighted by molar-refractivity contribution is 5.92. The molecular formula is C13H12FNO3. The van der Waals surface area contributed by atoms with E-state index in [0.717, 1.165) is 0 Å². The van der Waals surface area contributed by atoms with Gasteiger partial charge in [0.25, 0.3) is 0 Å². The predicted molar refractivity (Wildman–Crippen MR) is 65.5 cm³/mol. The molecule has 1 aromatic carbocycles. The van der Waals surface area contributed by atoms with Gasteiger partial charge in [0.2, 0.25) is 0 Å². The first-order valence-corrected chi connectivity index (χ1v) is 5.54. The molecule has 18 heavy (non-hydrogen) atoms. The monoisotopic (exact) mass is 249 g/mol. The Morgan fingerprint density at radius 2 is 2.11 bits per heavy atom. The average molecular weight is 249 g/mol. The molecule has 0 bridgehead atoms. The molecule has 0 saturated heterocycles. The SMILES string of the molecule is CCn1c(C(=O)O)c(C)c(=O)c2cccc(F)c21. The minimum absolute atomic E-state index is 0.0491. The van der Waals surface area contributed by atoms with Crippen LogP contribution in [0.25, 0.3) is 10.9 Å². The molecule has 94 valence electrons. The maximum atomic E-state index is 13.8. The number of para-hydroxylation sites is 1. The minimum Gasteiger partial charge on any atom is -0.477 e. The Morgan fingerprint density at radius 3 is 2.67 bits per heavy atom. The number of benzene rings is 1. The Kier molecular flexibility index (Phi) is 2.90. The van der Waals surface area contributed by atoms with E-state index in [1.54, 1.807) is 6.92 Å². The summed E-state index contributed by atoms with van der Waals surface area (Å²) in [6.45, 7) is 3.44. The Morgan fingerprint density at radius 1 is 1.44 bits per heavy atom. The van der Waals surface area contributed by atoms with Gasteiger partial charge in [0.15, 0.2) is 5.43 Å². The van der Waals surface area contributed by atoms with Crippen molar-refractivity contribution in [1.29, 1.82) is 0 Å². The second-order valence-electron chi connectivity index (χ2n) is 3.99. The maximum absolute atomic E-state index is 13.8. The van der Waals surface area contributed by atoms with Crippen molar-refractivity contribution in [3.63, 3.8) is 0 Å². The number of nitrogens with zero attached hydrogens (tertiary/aromatic N) is 1. The van der Waals surface area contributed by atoms with E-state index < -0.39 is 17.2 Å². The van der Waals surface area contributed by atoms with Gasteiger partial charge in [-0.15, -0.1) is 0 Å². The van der Waals surface area contributed by atoms with Crippen molar-refractivity contribution < 1.29 is 14.3 Å². The van der Waals surface area contributed by atoms with Crippen LogP contribution in [0.2, 0.25) is 0 Å². The van der Waals surface area contributed by atoms with Gasteiger partial charge in [0, 0.05) is 17.5 Å². The number of aromatic nitrogens is 1. The first-order valence-electron chi connectivity index (χ1n) is 5.54. The molecule has 1 aromatic heterocycles. The molecule has 1 heterocycles. The summed E-state index contributed by atoms with van der Waals surface area (Å²) in [6.07, 6.45) is 0. The number of rotatable bonds is 2. The van der Waals surface area contributed by atoms with E-state index in [-0.39, 0.29) is 28.7 Å². The Balaban J connectivity index is 3.13. The van der Waals surface area contributed by atoms with Crippen LogP contribution in [0.5, 0.6) is 0 Å². The molecule has 0 saturated carbocycles. The number of carbonyl (C=O) groups is 1. The highest BCUT2D eigenvalue weighted by atomic mass is 19.1. The van der Waals surface area contributed by atoms with Gasteiger partial charge < -0.3 is 9.67 Å². The Hall–Kier alpha value is -2.17. The number of hydrogen-bond acceptors (Lipinski definition) is 2. The summed E-state index contributed by atoms with van der Waals surface area (Å²) < 4.78 is 15.2. The van der Waals surface area contributed by atoms with Crippen molar-refractivity contribution in [2.45, 2.75) is 20.4 Å². The zero-order valence-electron chi connectivity index (χ0n) is 10.0. The van der Waals surface area contributed by atoms with E-state index in [2.05, 4.69) is 0 Å². The number of carboxylic acids is 1. The van der Waals surface area contributed by atoms with Crippen LogP contribution in [0.15, 0.2) is 23.0 Å². The smallest absolute Gasteiger partial charge is 0.352 e. The topological polar surface area (TPSA) is 59.3 Å². The van der Waals surface area contributed by atoms with Crippen LogP contribution in [0, 0.1) is 12.7 Å². The van der Waals surface area contributed by atoms with Crippen molar-refractivity contribution in [2.24, 2.45) is 0 Å². The van der Waals surface area contributed by atoms with E-state index in [1.807, 2.05) is 0 Å². The standard InChI is InChI=1S/C13H12FNO3/c1-3-15-10(13(17)18)7(2)12(16)8-5-4-6-9(14)11(8)15/h4-6H,3H2,1-2H3,(H,17,18). The summed E-state index contributed by atoms with van der Waals surface area (Å²) in [4.78, 5) is 23.3. The molecule has 0 aliphatic rings. The fourth-order valence-electron chi connectivity index (χ4n) is 2.19. The van der Waals surface area contributed by atoms with Gasteiger partial charge in [0.1, 0.15) is 11.5 Å². The number of aryl methyl sites for hydroxylation is 1. The van der Waals surface area contributed by atoms with Gasteiger partial charge in [-0.3, -0.25) is 4.79 Å². The Labute approximate surface area is 102 Å². The Bertz CT molecular complexity index is 703. The van der Waals surface area contributed by atoms with Crippen molar-refractivity contribution in [2.75, 3.05) is 0 Å². The van der Waals surface area contributed by atoms with Crippen LogP contribution in [0.4, 0.5) is 4.39 Å². The predicted octanol–water partition coefficient (Wildman–Crippen LogP) is 2.17. The number of carboxylic acid groups (broad SMARTS) is 1. The molecule has 2 rings (SSSR count). The summed E-state index contributed by atoms with van der Waals surface area (Å²) in [5.41, 5.74) is -0.415. The molecule has 4 nitrogen and oxygen atoms in total. The molecule has 0 amide bonds. The fourth-order valence-corrected chi connectivity index (χ4v) is 2.19. The third kappa shape index (κ3) is 1.59. The number of halogens is 1. The summed E-state index contributed by atoms with van der Waals surface area (Å²) >= 11 is 0. The molecule has 0 atom stereocenters. The first-order chi connectivity index (χ1) is 8.49. The number of fused-ring (bicyclic) bond motifs is 1. The van der Waals surface area contributed by atoms with E-state index >= 15 is 0 Å². The molecular weight excluding hydrogens is 237 g/mol. The van der Waals surface area contributed by atoms with E-state index in [4.69, 9.17) is 0 Å². The molecule has 0 aliphatic carbocycles. The minimum atomic E-state index is -1.23. The van der Waals surface area contributed by atoms with Gasteiger partial charge in [-0.1, -0.05) is 6.07 Å². The lowest BCUT2D eigenvalue weighted by atomic mass is 10.1. The van der Waals surface area contributed by atoms with Gasteiger partial charge in [-0.05, 0) is 26.0 Å². The van der Waals surface area contributed by atoms with Crippen LogP contribution < -0.4 is 5.43 Å². The van der Waals surface area contributed by atoms with Crippen LogP contribution in [0.3, 0.4) is 0 Å². The normalized spacial score (nSPS) is 10.8. The second-order valence-corrected chi connectivity index (χ2v) is 3.99. The van der Waals surface area contributed by atoms with E-state index in [0.29, 0.717) is 0 Å². The molecule has 0 unspecified atom stereocenters. The van der Waals surface area contributed by atoms with Crippen molar-refractivity contribution in [1.82, 2.24) is 4.57 Å². The van der Waals surface area contributed by atoms with Gasteiger partial charge >= 0.3 is 5.97 Å². The highest BCUT2D eigenvalue weighted by Crippen LogP contribution is 2.19. The highest BCUT2D eigenvalue weighted by Gasteiger charge is 2.20. The number of aromatic carboxylic acids is 1. The van der Waals surface area contributed by atoms with Crippen LogP contribution in [-0.4, -0.2) is 15.6 Å². The lowest BCUT2D eigenvalue weighted by Crippen LogP contribution is -2.22. The summed E-state index contributed by atoms with van der Waals surface area (Å²) in [5, 5.41) is 9.38. The molecule has 0 radical (unpaired) electrons. The van der Waals surface area contributed by atoms with Crippen LogP contribution in [0.1, 0.15) is 23.0 Å². The third-order valence-corrected chi connectivity index (χ3v) is 2.99. The maximum Gasteiger partial charge on any atom is 0.352 e. The van der Waals surface area contributed by atoms with Gasteiger partial charge in [-0.25, -0.2) is 9.18 Å². The van der Waals surface area contributed by atoms with Gasteiger partial charge in [-0.2, -0.15) is 0 Å². The molecule has 5 heteroatoms. The van der Waals surface area contributed by atoms with E-state index in [9.17, 15) is 19.1 Å². The number of hydrogen-bond donors (Lipinski definition) is 1. The molecule has 0 spiro atoms. The molecule has 1 N–H and O–H groups in total. The van der Waals surface area contributed by atoms with Gasteiger partial charge in [0.05, 0.1) is 5.52 Å². The van der Waals surface area contributed by atoms with Crippen molar-refractivity contribution in [3.8, 4) is 0 Å². The fraction of sp³-hybridized carbons (Fsp3) is 0.231.